The van der Waals surface area contributed by atoms with E-state index in [0.29, 0.717) is 0 Å². The van der Waals surface area contributed by atoms with E-state index in [1.807, 2.05) is 7.05 Å². The van der Waals surface area contributed by atoms with Crippen molar-refractivity contribution in [2.24, 2.45) is 0 Å². The van der Waals surface area contributed by atoms with Crippen molar-refractivity contribution in [3.8, 4) is 0 Å². The normalized spacial score (nSPS) is 16.9. The molecule has 5 heteroatoms. The molecule has 3 heterocycles. The van der Waals surface area contributed by atoms with Gasteiger partial charge in [0, 0.05) is 31.2 Å². The summed E-state index contributed by atoms with van der Waals surface area (Å²) < 4.78 is 2.21. The van der Waals surface area contributed by atoms with Gasteiger partial charge in [-0.2, -0.15) is 0 Å². The van der Waals surface area contributed by atoms with Crippen molar-refractivity contribution < 1.29 is 0 Å². The average molecular weight is 250 g/mol. The molecule has 0 bridgehead atoms. The Kier molecular flexibility index (Phi) is 3.03. The Bertz CT molecular complexity index is 496. The van der Waals surface area contributed by atoms with E-state index in [2.05, 4.69) is 26.2 Å². The van der Waals surface area contributed by atoms with Crippen LogP contribution >= 0.6 is 11.3 Å². The third-order valence-corrected chi connectivity index (χ3v) is 4.10. The predicted molar refractivity (Wildman–Crippen MR) is 71.9 cm³/mol. The maximum atomic E-state index is 4.78. The minimum absolute atomic E-state index is 0.879. The van der Waals surface area contributed by atoms with Crippen LogP contribution in [0.1, 0.15) is 25.0 Å². The van der Waals surface area contributed by atoms with Crippen LogP contribution < -0.4 is 10.2 Å². The predicted octanol–water partition coefficient (Wildman–Crippen LogP) is 2.11. The molecule has 4 nitrogen and oxygen atoms in total. The zero-order valence-electron chi connectivity index (χ0n) is 10.1. The number of fused-ring (bicyclic) bond motifs is 1. The second-order valence-electron chi connectivity index (χ2n) is 4.52. The first kappa shape index (κ1) is 11.0. The van der Waals surface area contributed by atoms with Gasteiger partial charge in [0.05, 0.1) is 5.69 Å². The van der Waals surface area contributed by atoms with Crippen LogP contribution in [0.5, 0.6) is 0 Å². The monoisotopic (exact) mass is 250 g/mol. The fourth-order valence-corrected chi connectivity index (χ4v) is 3.24. The number of aromatic nitrogens is 2. The van der Waals surface area contributed by atoms with Gasteiger partial charge in [-0.25, -0.2) is 4.98 Å². The van der Waals surface area contributed by atoms with Crippen molar-refractivity contribution in [3.05, 3.63) is 17.3 Å². The van der Waals surface area contributed by atoms with Gasteiger partial charge in [0.1, 0.15) is 0 Å². The smallest absolute Gasteiger partial charge is 0.195 e. The van der Waals surface area contributed by atoms with E-state index in [1.54, 1.807) is 11.3 Å². The van der Waals surface area contributed by atoms with Crippen LogP contribution in [-0.4, -0.2) is 29.5 Å². The van der Waals surface area contributed by atoms with Gasteiger partial charge in [-0.3, -0.25) is 4.40 Å². The summed E-state index contributed by atoms with van der Waals surface area (Å²) in [5.41, 5.74) is 1.30. The summed E-state index contributed by atoms with van der Waals surface area (Å²) in [5, 5.41) is 5.35. The van der Waals surface area contributed by atoms with E-state index in [0.717, 1.165) is 24.6 Å². The van der Waals surface area contributed by atoms with Crippen LogP contribution in [0.15, 0.2) is 11.6 Å². The lowest BCUT2D eigenvalue weighted by Gasteiger charge is -2.27. The lowest BCUT2D eigenvalue weighted by Crippen LogP contribution is -2.31. The Hall–Kier alpha value is -1.07. The number of nitrogens with zero attached hydrogens (tertiary/aromatic N) is 3. The van der Waals surface area contributed by atoms with Crippen LogP contribution in [-0.2, 0) is 6.54 Å². The minimum Gasteiger partial charge on any atom is -0.355 e. The highest BCUT2D eigenvalue weighted by Gasteiger charge is 2.19. The maximum Gasteiger partial charge on any atom is 0.195 e. The zero-order chi connectivity index (χ0) is 11.7. The van der Waals surface area contributed by atoms with Crippen molar-refractivity contribution in [3.63, 3.8) is 0 Å². The lowest BCUT2D eigenvalue weighted by atomic mass is 10.1. The first-order valence-corrected chi connectivity index (χ1v) is 7.12. The van der Waals surface area contributed by atoms with Crippen molar-refractivity contribution in [2.45, 2.75) is 25.8 Å². The van der Waals surface area contributed by atoms with Gasteiger partial charge < -0.3 is 10.2 Å². The van der Waals surface area contributed by atoms with Crippen molar-refractivity contribution in [1.29, 1.82) is 0 Å². The Morgan fingerprint density at radius 1 is 1.35 bits per heavy atom. The Balaban J connectivity index is 2.00. The molecular formula is C12H18N4S. The summed E-state index contributed by atoms with van der Waals surface area (Å²) in [7, 11) is 1.99. The zero-order valence-corrected chi connectivity index (χ0v) is 11.0. The van der Waals surface area contributed by atoms with Crippen LogP contribution in [0, 0.1) is 0 Å². The molecule has 2 aromatic rings. The summed E-state index contributed by atoms with van der Waals surface area (Å²) in [6, 6.07) is 0. The largest absolute Gasteiger partial charge is 0.355 e. The van der Waals surface area contributed by atoms with Crippen LogP contribution in [0.3, 0.4) is 0 Å². The quantitative estimate of drug-likeness (QED) is 0.905. The van der Waals surface area contributed by atoms with Gasteiger partial charge in [0.25, 0.3) is 0 Å². The second kappa shape index (κ2) is 4.66. The minimum atomic E-state index is 0.879. The summed E-state index contributed by atoms with van der Waals surface area (Å²) in [6.07, 6.45) is 6.07. The summed E-state index contributed by atoms with van der Waals surface area (Å²) in [5.74, 6) is 1.19. The molecule has 92 valence electrons. The first-order chi connectivity index (χ1) is 8.40. The molecule has 1 N–H and O–H groups in total. The van der Waals surface area contributed by atoms with Crippen molar-refractivity contribution in [1.82, 2.24) is 14.7 Å². The first-order valence-electron chi connectivity index (χ1n) is 6.24. The van der Waals surface area contributed by atoms with Crippen LogP contribution in [0.25, 0.3) is 4.96 Å². The molecule has 1 saturated heterocycles. The highest BCUT2D eigenvalue weighted by Crippen LogP contribution is 2.26. The Morgan fingerprint density at radius 3 is 2.94 bits per heavy atom. The summed E-state index contributed by atoms with van der Waals surface area (Å²) in [6.45, 7) is 3.19. The molecule has 0 aromatic carbocycles. The topological polar surface area (TPSA) is 32.6 Å². The third kappa shape index (κ3) is 1.93. The number of imidazole rings is 1. The van der Waals surface area contributed by atoms with E-state index in [1.165, 1.54) is 30.8 Å². The molecule has 0 amide bonds. The van der Waals surface area contributed by atoms with Gasteiger partial charge in [-0.05, 0) is 26.3 Å². The van der Waals surface area contributed by atoms with Gasteiger partial charge >= 0.3 is 0 Å². The second-order valence-corrected chi connectivity index (χ2v) is 5.39. The van der Waals surface area contributed by atoms with Crippen LogP contribution in [0.4, 0.5) is 5.82 Å². The number of piperidine rings is 1. The molecule has 0 spiro atoms. The van der Waals surface area contributed by atoms with Crippen molar-refractivity contribution >= 4 is 22.1 Å². The van der Waals surface area contributed by atoms with E-state index >= 15 is 0 Å². The van der Waals surface area contributed by atoms with E-state index in [9.17, 15) is 0 Å². The van der Waals surface area contributed by atoms with E-state index in [4.69, 9.17) is 4.98 Å². The lowest BCUT2D eigenvalue weighted by molar-refractivity contribution is 0.571. The van der Waals surface area contributed by atoms with Crippen molar-refractivity contribution in [2.75, 3.05) is 25.0 Å². The molecule has 0 saturated carbocycles. The number of anilines is 1. The number of hydrogen-bond acceptors (Lipinski definition) is 4. The number of thiazole rings is 1. The molecule has 0 unspecified atom stereocenters. The van der Waals surface area contributed by atoms with Gasteiger partial charge in [-0.1, -0.05) is 0 Å². The van der Waals surface area contributed by atoms with Gasteiger partial charge in [0.15, 0.2) is 10.8 Å². The molecule has 17 heavy (non-hydrogen) atoms. The molecule has 0 aliphatic carbocycles. The Labute approximate surface area is 105 Å². The fraction of sp³-hybridized carbons (Fsp3) is 0.583. The maximum absolute atomic E-state index is 4.78. The molecule has 0 radical (unpaired) electrons. The molecule has 3 rings (SSSR count). The number of nitrogens with one attached hydrogen (secondary N) is 1. The van der Waals surface area contributed by atoms with Gasteiger partial charge in [0.2, 0.25) is 0 Å². The standard InChI is InChI=1S/C12H18N4S/c1-13-9-10-11(15-5-3-2-4-6-15)14-12-16(10)7-8-17-12/h7-8,13H,2-6,9H2,1H3. The summed E-state index contributed by atoms with van der Waals surface area (Å²) >= 11 is 1.71. The van der Waals surface area contributed by atoms with E-state index < -0.39 is 0 Å². The number of hydrogen-bond donors (Lipinski definition) is 1. The van der Waals surface area contributed by atoms with E-state index in [-0.39, 0.29) is 0 Å². The molecular weight excluding hydrogens is 232 g/mol. The molecule has 0 atom stereocenters. The van der Waals surface area contributed by atoms with Crippen LogP contribution in [0.2, 0.25) is 0 Å². The van der Waals surface area contributed by atoms with Gasteiger partial charge in [-0.15, -0.1) is 11.3 Å². The third-order valence-electron chi connectivity index (χ3n) is 3.34. The SMILES string of the molecule is CNCc1c(N2CCCCC2)nc2sccn12. The summed E-state index contributed by atoms with van der Waals surface area (Å²) in [4.78, 5) is 8.33. The molecule has 1 aliphatic heterocycles. The fourth-order valence-electron chi connectivity index (χ4n) is 2.51. The average Bonchev–Trinajstić information content (AvgIpc) is 2.93. The molecule has 1 fully saturated rings. The highest BCUT2D eigenvalue weighted by molar-refractivity contribution is 7.15. The molecule has 1 aliphatic rings. The highest BCUT2D eigenvalue weighted by atomic mass is 32.1. The Morgan fingerprint density at radius 2 is 2.18 bits per heavy atom. The number of rotatable bonds is 3. The molecule has 2 aromatic heterocycles.